The molecule has 0 saturated heterocycles. The van der Waals surface area contributed by atoms with E-state index in [4.69, 9.17) is 5.73 Å². The normalized spacial score (nSPS) is 47.1. The van der Waals surface area contributed by atoms with Gasteiger partial charge in [0, 0.05) is 19.1 Å². The summed E-state index contributed by atoms with van der Waals surface area (Å²) in [4.78, 5) is 0. The van der Waals surface area contributed by atoms with Crippen molar-refractivity contribution in [1.29, 1.82) is 0 Å². The Hall–Kier alpha value is -0.120. The summed E-state index contributed by atoms with van der Waals surface area (Å²) in [6.45, 7) is 14.1. The van der Waals surface area contributed by atoms with E-state index in [0.717, 1.165) is 54.9 Å². The molecule has 4 aliphatic carbocycles. The first-order valence-corrected chi connectivity index (χ1v) is 14.3. The fourth-order valence-electron chi connectivity index (χ4n) is 9.80. The van der Waals surface area contributed by atoms with Gasteiger partial charge >= 0.3 is 0 Å². The zero-order valence-electron chi connectivity index (χ0n) is 21.9. The molecule has 4 N–H and O–H groups in total. The highest BCUT2D eigenvalue weighted by molar-refractivity contribution is 5.11. The molecular weight excluding hydrogens is 392 g/mol. The summed E-state index contributed by atoms with van der Waals surface area (Å²) in [5.41, 5.74) is 6.59. The third-order valence-corrected chi connectivity index (χ3v) is 11.5. The Morgan fingerprint density at radius 3 is 2.34 bits per heavy atom. The van der Waals surface area contributed by atoms with Gasteiger partial charge in [-0.3, -0.25) is 0 Å². The van der Waals surface area contributed by atoms with E-state index in [0.29, 0.717) is 29.3 Å². The molecule has 10 atom stereocenters. The molecule has 0 radical (unpaired) electrons. The first-order chi connectivity index (χ1) is 15.2. The van der Waals surface area contributed by atoms with Gasteiger partial charge in [-0.15, -0.1) is 0 Å². The fraction of sp³-hybridized carbons (Fsp3) is 1.00. The molecule has 4 fully saturated rings. The minimum atomic E-state index is -0.103. The van der Waals surface area contributed by atoms with E-state index >= 15 is 0 Å². The van der Waals surface area contributed by atoms with Gasteiger partial charge in [0.25, 0.3) is 0 Å². The largest absolute Gasteiger partial charge is 0.393 e. The lowest BCUT2D eigenvalue weighted by Gasteiger charge is -2.62. The molecule has 0 bridgehead atoms. The molecule has 3 nitrogen and oxygen atoms in total. The molecule has 3 heteroatoms. The van der Waals surface area contributed by atoms with E-state index < -0.39 is 0 Å². The molecule has 0 aliphatic heterocycles. The van der Waals surface area contributed by atoms with Crippen LogP contribution in [-0.2, 0) is 0 Å². The standard InChI is InChI=1S/C29H54N2O/c1-19(2)7-6-8-20(3)23-9-10-24-22-18-27(32)26-17-21(31-16-15-30)11-13-29(26,5)25(22)12-14-28(23,24)4/h19-27,31-32H,6-18,30H2,1-5H3/t20?,21-,22?,23+,24?,25?,26+,27?,28+,29+/m0/s1. The van der Waals surface area contributed by atoms with Gasteiger partial charge in [0.15, 0.2) is 0 Å². The molecule has 0 aromatic carbocycles. The van der Waals surface area contributed by atoms with Crippen LogP contribution < -0.4 is 11.1 Å². The molecule has 4 rings (SSSR count). The van der Waals surface area contributed by atoms with Crippen molar-refractivity contribution >= 4 is 0 Å². The zero-order valence-corrected chi connectivity index (χ0v) is 21.9. The number of nitrogens with two attached hydrogens (primary N) is 1. The molecule has 0 spiro atoms. The van der Waals surface area contributed by atoms with E-state index in [1.165, 1.54) is 57.8 Å². The van der Waals surface area contributed by atoms with Crippen LogP contribution in [0.5, 0.6) is 0 Å². The van der Waals surface area contributed by atoms with Gasteiger partial charge in [-0.05, 0) is 104 Å². The van der Waals surface area contributed by atoms with Gasteiger partial charge in [0.05, 0.1) is 6.10 Å². The van der Waals surface area contributed by atoms with Crippen LogP contribution in [0, 0.1) is 52.3 Å². The summed E-state index contributed by atoms with van der Waals surface area (Å²) in [7, 11) is 0. The molecule has 4 aliphatic rings. The molecule has 186 valence electrons. The van der Waals surface area contributed by atoms with Gasteiger partial charge in [-0.1, -0.05) is 53.9 Å². The van der Waals surface area contributed by atoms with E-state index in [1.807, 2.05) is 0 Å². The van der Waals surface area contributed by atoms with Gasteiger partial charge in [0.2, 0.25) is 0 Å². The second kappa shape index (κ2) is 9.86. The number of aliphatic hydroxyl groups is 1. The average Bonchev–Trinajstić information content (AvgIpc) is 3.10. The SMILES string of the molecule is CC(C)CCCC(C)[C@H]1CCC2C3CC(O)[C@H]4C[C@@H](NCCN)CC[C@]4(C)C3CC[C@@]21C. The molecule has 0 aromatic heterocycles. The summed E-state index contributed by atoms with van der Waals surface area (Å²) in [6, 6.07) is 0.555. The van der Waals surface area contributed by atoms with Crippen molar-refractivity contribution < 1.29 is 5.11 Å². The Morgan fingerprint density at radius 1 is 0.906 bits per heavy atom. The quantitative estimate of drug-likeness (QED) is 0.429. The maximum Gasteiger partial charge on any atom is 0.0577 e. The van der Waals surface area contributed by atoms with Crippen LogP contribution in [0.25, 0.3) is 0 Å². The summed E-state index contributed by atoms with van der Waals surface area (Å²) >= 11 is 0. The molecular formula is C29H54N2O. The summed E-state index contributed by atoms with van der Waals surface area (Å²) < 4.78 is 0. The minimum absolute atomic E-state index is 0.103. The molecule has 0 aromatic rings. The van der Waals surface area contributed by atoms with E-state index in [1.54, 1.807) is 0 Å². The number of fused-ring (bicyclic) bond motifs is 5. The van der Waals surface area contributed by atoms with Crippen molar-refractivity contribution in [1.82, 2.24) is 5.32 Å². The van der Waals surface area contributed by atoms with Gasteiger partial charge in [-0.2, -0.15) is 0 Å². The topological polar surface area (TPSA) is 58.3 Å². The lowest BCUT2D eigenvalue weighted by atomic mass is 9.43. The lowest BCUT2D eigenvalue weighted by molar-refractivity contribution is -0.162. The second-order valence-corrected chi connectivity index (χ2v) is 13.5. The zero-order chi connectivity index (χ0) is 23.1. The summed E-state index contributed by atoms with van der Waals surface area (Å²) in [5, 5.41) is 15.1. The van der Waals surface area contributed by atoms with Crippen molar-refractivity contribution in [2.45, 2.75) is 117 Å². The Morgan fingerprint density at radius 2 is 1.62 bits per heavy atom. The van der Waals surface area contributed by atoms with E-state index in [9.17, 15) is 5.11 Å². The van der Waals surface area contributed by atoms with Gasteiger partial charge in [0.1, 0.15) is 0 Å². The van der Waals surface area contributed by atoms with Crippen molar-refractivity contribution in [3.63, 3.8) is 0 Å². The Labute approximate surface area is 199 Å². The van der Waals surface area contributed by atoms with Crippen LogP contribution in [0.3, 0.4) is 0 Å². The van der Waals surface area contributed by atoms with E-state index in [-0.39, 0.29) is 6.10 Å². The predicted octanol–water partition coefficient (Wildman–Crippen LogP) is 6.00. The maximum absolute atomic E-state index is 11.4. The van der Waals surface area contributed by atoms with Crippen LogP contribution in [0.15, 0.2) is 0 Å². The molecule has 0 heterocycles. The van der Waals surface area contributed by atoms with Crippen LogP contribution in [-0.4, -0.2) is 30.3 Å². The second-order valence-electron chi connectivity index (χ2n) is 13.5. The van der Waals surface area contributed by atoms with Gasteiger partial charge < -0.3 is 16.2 Å². The summed E-state index contributed by atoms with van der Waals surface area (Å²) in [5.74, 6) is 5.51. The first kappa shape index (κ1) is 25.0. The van der Waals surface area contributed by atoms with Crippen LogP contribution >= 0.6 is 0 Å². The van der Waals surface area contributed by atoms with E-state index in [2.05, 4.69) is 39.9 Å². The summed E-state index contributed by atoms with van der Waals surface area (Å²) in [6.07, 6.45) is 14.6. The number of aliphatic hydroxyl groups excluding tert-OH is 1. The fourth-order valence-corrected chi connectivity index (χ4v) is 9.80. The van der Waals surface area contributed by atoms with Crippen molar-refractivity contribution in [2.75, 3.05) is 13.1 Å². The number of nitrogens with one attached hydrogen (secondary N) is 1. The highest BCUT2D eigenvalue weighted by Crippen LogP contribution is 2.68. The van der Waals surface area contributed by atoms with Crippen LogP contribution in [0.2, 0.25) is 0 Å². The third kappa shape index (κ3) is 4.44. The van der Waals surface area contributed by atoms with Crippen molar-refractivity contribution in [3.05, 3.63) is 0 Å². The highest BCUT2D eigenvalue weighted by Gasteiger charge is 2.62. The van der Waals surface area contributed by atoms with Crippen molar-refractivity contribution in [2.24, 2.45) is 58.0 Å². The van der Waals surface area contributed by atoms with Crippen LogP contribution in [0.1, 0.15) is 105 Å². The Bertz CT molecular complexity index is 622. The van der Waals surface area contributed by atoms with Crippen LogP contribution in [0.4, 0.5) is 0 Å². The molecule has 32 heavy (non-hydrogen) atoms. The first-order valence-electron chi connectivity index (χ1n) is 14.3. The Balaban J connectivity index is 1.45. The third-order valence-electron chi connectivity index (χ3n) is 11.5. The molecule has 5 unspecified atom stereocenters. The average molecular weight is 447 g/mol. The van der Waals surface area contributed by atoms with Gasteiger partial charge in [-0.25, -0.2) is 0 Å². The predicted molar refractivity (Wildman–Crippen MR) is 135 cm³/mol. The van der Waals surface area contributed by atoms with Crippen molar-refractivity contribution in [3.8, 4) is 0 Å². The Kier molecular flexibility index (Phi) is 7.70. The molecule has 0 amide bonds. The maximum atomic E-state index is 11.4. The highest BCUT2D eigenvalue weighted by atomic mass is 16.3. The minimum Gasteiger partial charge on any atom is -0.393 e. The lowest BCUT2D eigenvalue weighted by Crippen LogP contribution is -2.59. The number of hydrogen-bond donors (Lipinski definition) is 3. The smallest absolute Gasteiger partial charge is 0.0577 e. The number of rotatable bonds is 8. The number of hydrogen-bond acceptors (Lipinski definition) is 3. The molecule has 4 saturated carbocycles. The monoisotopic (exact) mass is 446 g/mol.